The molecule has 0 aliphatic rings. The quantitative estimate of drug-likeness (QED) is 0.532. The van der Waals surface area contributed by atoms with Crippen LogP contribution in [0, 0.1) is 0 Å². The summed E-state index contributed by atoms with van der Waals surface area (Å²) in [4.78, 5) is 13.3. The first-order valence-corrected chi connectivity index (χ1v) is 4.55. The van der Waals surface area contributed by atoms with Crippen LogP contribution >= 0.6 is 0 Å². The molecule has 4 nitrogen and oxygen atoms in total. The van der Waals surface area contributed by atoms with E-state index in [0.717, 1.165) is 6.54 Å². The molecular formula is C10H15N3O. The van der Waals surface area contributed by atoms with E-state index in [2.05, 4.69) is 5.10 Å². The molecule has 0 radical (unpaired) electrons. The van der Waals surface area contributed by atoms with Gasteiger partial charge in [-0.15, -0.1) is 0 Å². The van der Waals surface area contributed by atoms with Crippen molar-refractivity contribution in [2.45, 2.75) is 13.5 Å². The van der Waals surface area contributed by atoms with Crippen molar-refractivity contribution in [1.29, 1.82) is 0 Å². The van der Waals surface area contributed by atoms with Gasteiger partial charge in [-0.25, -0.2) is 0 Å². The van der Waals surface area contributed by atoms with E-state index in [1.165, 1.54) is 6.08 Å². The minimum absolute atomic E-state index is 0.0154. The lowest BCUT2D eigenvalue weighted by molar-refractivity contribution is 0.104. The fourth-order valence-corrected chi connectivity index (χ4v) is 0.977. The SMILES string of the molecule is CCn1cc(C(=O)/C=C\N(C)C)cn1. The van der Waals surface area contributed by atoms with Gasteiger partial charge in [0.05, 0.1) is 11.8 Å². The first kappa shape index (κ1) is 10.5. The number of carbonyl (C=O) groups is 1. The Morgan fingerprint density at radius 1 is 1.64 bits per heavy atom. The van der Waals surface area contributed by atoms with E-state index in [9.17, 15) is 4.79 Å². The predicted molar refractivity (Wildman–Crippen MR) is 55.1 cm³/mol. The second-order valence-electron chi connectivity index (χ2n) is 3.23. The monoisotopic (exact) mass is 193 g/mol. The summed E-state index contributed by atoms with van der Waals surface area (Å²) in [5, 5.41) is 4.03. The lowest BCUT2D eigenvalue weighted by atomic mass is 10.2. The van der Waals surface area contributed by atoms with Gasteiger partial charge in [-0.1, -0.05) is 0 Å². The standard InChI is InChI=1S/C10H15N3O/c1-4-13-8-9(7-11-13)10(14)5-6-12(2)3/h5-8H,4H2,1-3H3/b6-5-. The zero-order chi connectivity index (χ0) is 10.6. The molecule has 0 unspecified atom stereocenters. The fraction of sp³-hybridized carbons (Fsp3) is 0.400. The number of nitrogens with zero attached hydrogens (tertiary/aromatic N) is 3. The first-order chi connectivity index (χ1) is 6.63. The van der Waals surface area contributed by atoms with Gasteiger partial charge in [-0.05, 0) is 6.92 Å². The summed E-state index contributed by atoms with van der Waals surface area (Å²) in [7, 11) is 3.75. The van der Waals surface area contributed by atoms with E-state index in [0.29, 0.717) is 5.56 Å². The Morgan fingerprint density at radius 2 is 2.36 bits per heavy atom. The minimum atomic E-state index is -0.0154. The second-order valence-corrected chi connectivity index (χ2v) is 3.23. The molecule has 1 rings (SSSR count). The van der Waals surface area contributed by atoms with Crippen molar-refractivity contribution in [2.75, 3.05) is 14.1 Å². The Bertz CT molecular complexity index is 339. The van der Waals surface area contributed by atoms with Crippen LogP contribution in [-0.2, 0) is 6.54 Å². The van der Waals surface area contributed by atoms with E-state index in [1.54, 1.807) is 23.3 Å². The van der Waals surface area contributed by atoms with Crippen molar-refractivity contribution in [3.05, 3.63) is 30.2 Å². The molecule has 76 valence electrons. The van der Waals surface area contributed by atoms with Crippen molar-refractivity contribution < 1.29 is 4.79 Å². The van der Waals surface area contributed by atoms with Crippen molar-refractivity contribution in [1.82, 2.24) is 14.7 Å². The van der Waals surface area contributed by atoms with Gasteiger partial charge in [0.15, 0.2) is 5.78 Å². The highest BCUT2D eigenvalue weighted by Crippen LogP contribution is 2.00. The molecule has 0 bridgehead atoms. The molecule has 0 saturated carbocycles. The molecule has 0 N–H and O–H groups in total. The predicted octanol–water partition coefficient (Wildman–Crippen LogP) is 1.16. The van der Waals surface area contributed by atoms with Crippen molar-refractivity contribution in [2.24, 2.45) is 0 Å². The number of aromatic nitrogens is 2. The third kappa shape index (κ3) is 2.73. The summed E-state index contributed by atoms with van der Waals surface area (Å²) in [5.74, 6) is -0.0154. The molecule has 0 atom stereocenters. The van der Waals surface area contributed by atoms with Crippen LogP contribution in [0.3, 0.4) is 0 Å². The number of hydrogen-bond acceptors (Lipinski definition) is 3. The van der Waals surface area contributed by atoms with Gasteiger partial charge in [0, 0.05) is 39.1 Å². The van der Waals surface area contributed by atoms with E-state index in [1.807, 2.05) is 25.9 Å². The Morgan fingerprint density at radius 3 is 2.86 bits per heavy atom. The van der Waals surface area contributed by atoms with Crippen LogP contribution < -0.4 is 0 Å². The second kappa shape index (κ2) is 4.60. The average Bonchev–Trinajstić information content (AvgIpc) is 2.62. The third-order valence-electron chi connectivity index (χ3n) is 1.77. The Hall–Kier alpha value is -1.58. The van der Waals surface area contributed by atoms with Gasteiger partial charge in [-0.2, -0.15) is 5.10 Å². The normalized spacial score (nSPS) is 10.8. The lowest BCUT2D eigenvalue weighted by Gasteiger charge is -2.01. The molecule has 1 heterocycles. The van der Waals surface area contributed by atoms with Crippen molar-refractivity contribution >= 4 is 5.78 Å². The molecule has 0 aromatic carbocycles. The smallest absolute Gasteiger partial charge is 0.190 e. The van der Waals surface area contributed by atoms with Crippen molar-refractivity contribution in [3.8, 4) is 0 Å². The van der Waals surface area contributed by atoms with Crippen LogP contribution in [0.5, 0.6) is 0 Å². The first-order valence-electron chi connectivity index (χ1n) is 4.55. The molecule has 0 spiro atoms. The van der Waals surface area contributed by atoms with Crippen LogP contribution in [0.25, 0.3) is 0 Å². The highest BCUT2D eigenvalue weighted by molar-refractivity contribution is 6.04. The fourth-order valence-electron chi connectivity index (χ4n) is 0.977. The summed E-state index contributed by atoms with van der Waals surface area (Å²) in [5.41, 5.74) is 0.630. The molecule has 0 fully saturated rings. The number of carbonyl (C=O) groups excluding carboxylic acids is 1. The van der Waals surface area contributed by atoms with Gasteiger partial charge in [-0.3, -0.25) is 9.48 Å². The van der Waals surface area contributed by atoms with Crippen LogP contribution in [-0.4, -0.2) is 34.6 Å². The summed E-state index contributed by atoms with van der Waals surface area (Å²) in [6.45, 7) is 2.77. The highest BCUT2D eigenvalue weighted by atomic mass is 16.1. The minimum Gasteiger partial charge on any atom is -0.383 e. The van der Waals surface area contributed by atoms with Crippen LogP contribution in [0.4, 0.5) is 0 Å². The van der Waals surface area contributed by atoms with Crippen LogP contribution in [0.2, 0.25) is 0 Å². The van der Waals surface area contributed by atoms with Crippen LogP contribution in [0.15, 0.2) is 24.7 Å². The molecule has 1 aromatic heterocycles. The van der Waals surface area contributed by atoms with E-state index in [-0.39, 0.29) is 5.78 Å². The maximum Gasteiger partial charge on any atom is 0.190 e. The molecule has 0 aliphatic heterocycles. The molecule has 0 amide bonds. The molecular weight excluding hydrogens is 178 g/mol. The van der Waals surface area contributed by atoms with Crippen LogP contribution in [0.1, 0.15) is 17.3 Å². The maximum atomic E-state index is 11.5. The Labute approximate surface area is 83.8 Å². The molecule has 14 heavy (non-hydrogen) atoms. The third-order valence-corrected chi connectivity index (χ3v) is 1.77. The highest BCUT2D eigenvalue weighted by Gasteiger charge is 2.03. The van der Waals surface area contributed by atoms with E-state index < -0.39 is 0 Å². The van der Waals surface area contributed by atoms with Gasteiger partial charge >= 0.3 is 0 Å². The zero-order valence-corrected chi connectivity index (χ0v) is 8.77. The average molecular weight is 193 g/mol. The summed E-state index contributed by atoms with van der Waals surface area (Å²) < 4.78 is 1.73. The molecule has 0 saturated heterocycles. The van der Waals surface area contributed by atoms with Crippen molar-refractivity contribution in [3.63, 3.8) is 0 Å². The van der Waals surface area contributed by atoms with Gasteiger partial charge in [0.2, 0.25) is 0 Å². The zero-order valence-electron chi connectivity index (χ0n) is 8.77. The number of ketones is 1. The molecule has 0 aliphatic carbocycles. The van der Waals surface area contributed by atoms with Gasteiger partial charge < -0.3 is 4.90 Å². The Balaban J connectivity index is 2.70. The lowest BCUT2D eigenvalue weighted by Crippen LogP contribution is -2.02. The summed E-state index contributed by atoms with van der Waals surface area (Å²) >= 11 is 0. The van der Waals surface area contributed by atoms with Gasteiger partial charge in [0.1, 0.15) is 0 Å². The molecule has 4 heteroatoms. The van der Waals surface area contributed by atoms with Gasteiger partial charge in [0.25, 0.3) is 0 Å². The largest absolute Gasteiger partial charge is 0.383 e. The summed E-state index contributed by atoms with van der Waals surface area (Å²) in [6.07, 6.45) is 6.61. The number of aryl methyl sites for hydroxylation is 1. The van der Waals surface area contributed by atoms with E-state index in [4.69, 9.17) is 0 Å². The number of allylic oxidation sites excluding steroid dienone is 1. The number of hydrogen-bond donors (Lipinski definition) is 0. The Kier molecular flexibility index (Phi) is 3.45. The topological polar surface area (TPSA) is 38.1 Å². The summed E-state index contributed by atoms with van der Waals surface area (Å²) in [6, 6.07) is 0. The number of rotatable bonds is 4. The maximum absolute atomic E-state index is 11.5. The van der Waals surface area contributed by atoms with E-state index >= 15 is 0 Å². The molecule has 1 aromatic rings.